The first-order valence-corrected chi connectivity index (χ1v) is 8.23. The number of alkyl halides is 3. The highest BCUT2D eigenvalue weighted by molar-refractivity contribution is 5.97. The fraction of sp³-hybridized carbons (Fsp3) is 0.333. The number of amides is 1. The first kappa shape index (κ1) is 16.7. The molecule has 1 saturated carbocycles. The van der Waals surface area contributed by atoms with Gasteiger partial charge in [-0.3, -0.25) is 4.79 Å². The van der Waals surface area contributed by atoms with Gasteiger partial charge >= 0.3 is 12.1 Å². The summed E-state index contributed by atoms with van der Waals surface area (Å²) in [6, 6.07) is 4.88. The van der Waals surface area contributed by atoms with Crippen molar-refractivity contribution in [3.05, 3.63) is 57.6 Å². The number of fused-ring (bicyclic) bond motifs is 5. The summed E-state index contributed by atoms with van der Waals surface area (Å²) >= 11 is 0. The Balaban J connectivity index is 1.75. The van der Waals surface area contributed by atoms with E-state index in [9.17, 15) is 22.9 Å². The molecule has 0 spiro atoms. The van der Waals surface area contributed by atoms with Gasteiger partial charge in [-0.2, -0.15) is 13.2 Å². The maximum absolute atomic E-state index is 12.9. The smallest absolute Gasteiger partial charge is 0.340 e. The van der Waals surface area contributed by atoms with Crippen molar-refractivity contribution in [1.29, 1.82) is 0 Å². The summed E-state index contributed by atoms with van der Waals surface area (Å²) in [6.45, 7) is 0. The van der Waals surface area contributed by atoms with E-state index < -0.39 is 17.6 Å². The quantitative estimate of drug-likeness (QED) is 0.771. The lowest BCUT2D eigenvalue weighted by molar-refractivity contribution is -0.137. The van der Waals surface area contributed by atoms with E-state index in [0.29, 0.717) is 5.82 Å². The van der Waals surface area contributed by atoms with Crippen LogP contribution in [-0.2, 0) is 6.18 Å². The van der Waals surface area contributed by atoms with Crippen molar-refractivity contribution in [2.75, 3.05) is 5.32 Å². The number of carbonyl (C=O) groups excluding carboxylic acids is 1. The molecule has 1 N–H and O–H groups in total. The molecule has 1 heterocycles. The van der Waals surface area contributed by atoms with E-state index >= 15 is 0 Å². The standard InChI is InChI=1S/C18H14F3N3O2/c19-18(20,21)11-2-1-3-12(7-11)23-16-15-10-5-4-9(6-10)14(15)13(8-22-16)17(25)24-26/h1-3,7-10H,4-6H2,(H,22,23). The van der Waals surface area contributed by atoms with Crippen LogP contribution in [0.4, 0.5) is 24.7 Å². The minimum absolute atomic E-state index is 0.167. The zero-order valence-corrected chi connectivity index (χ0v) is 13.5. The van der Waals surface area contributed by atoms with Crippen molar-refractivity contribution < 1.29 is 18.0 Å². The van der Waals surface area contributed by atoms with Gasteiger partial charge in [0.05, 0.1) is 11.1 Å². The van der Waals surface area contributed by atoms with Gasteiger partial charge in [-0.25, -0.2) is 4.98 Å². The van der Waals surface area contributed by atoms with E-state index in [2.05, 4.69) is 15.5 Å². The second kappa shape index (κ2) is 5.89. The van der Waals surface area contributed by atoms with Gasteiger partial charge in [0.1, 0.15) is 5.82 Å². The second-order valence-electron chi connectivity index (χ2n) is 6.65. The monoisotopic (exact) mass is 361 g/mol. The topological polar surface area (TPSA) is 71.4 Å². The Hall–Kier alpha value is -2.77. The maximum atomic E-state index is 12.9. The number of hydrogen-bond acceptors (Lipinski definition) is 4. The van der Waals surface area contributed by atoms with Crippen molar-refractivity contribution >= 4 is 17.4 Å². The zero-order chi connectivity index (χ0) is 18.5. The van der Waals surface area contributed by atoms with Crippen molar-refractivity contribution in [3.8, 4) is 0 Å². The Morgan fingerprint density at radius 1 is 1.19 bits per heavy atom. The van der Waals surface area contributed by atoms with Gasteiger partial charge in [-0.15, -0.1) is 4.91 Å². The predicted octanol–water partition coefficient (Wildman–Crippen LogP) is 5.12. The summed E-state index contributed by atoms with van der Waals surface area (Å²) in [7, 11) is 0. The normalized spacial score (nSPS) is 20.7. The van der Waals surface area contributed by atoms with Crippen LogP contribution in [0.3, 0.4) is 0 Å². The zero-order valence-electron chi connectivity index (χ0n) is 13.5. The summed E-state index contributed by atoms with van der Waals surface area (Å²) in [5.41, 5.74) is 1.32. The molecule has 4 rings (SSSR count). The van der Waals surface area contributed by atoms with Crippen molar-refractivity contribution in [2.45, 2.75) is 37.3 Å². The fourth-order valence-electron chi connectivity index (χ4n) is 4.13. The molecule has 2 bridgehead atoms. The second-order valence-corrected chi connectivity index (χ2v) is 6.65. The van der Waals surface area contributed by atoms with Crippen LogP contribution in [0.2, 0.25) is 0 Å². The SMILES string of the molecule is O=NC(=O)c1cnc(Nc2cccc(C(F)(F)F)c2)c2c1C1CCC2C1. The van der Waals surface area contributed by atoms with E-state index in [1.807, 2.05) is 0 Å². The number of carbonyl (C=O) groups is 1. The van der Waals surface area contributed by atoms with Crippen molar-refractivity contribution in [2.24, 2.45) is 5.18 Å². The molecule has 2 unspecified atom stereocenters. The molecule has 0 radical (unpaired) electrons. The van der Waals surface area contributed by atoms with Crippen LogP contribution < -0.4 is 5.32 Å². The third-order valence-corrected chi connectivity index (χ3v) is 5.17. The highest BCUT2D eigenvalue weighted by atomic mass is 19.4. The highest BCUT2D eigenvalue weighted by Crippen LogP contribution is 2.56. The lowest BCUT2D eigenvalue weighted by atomic mass is 9.89. The number of halogens is 3. The van der Waals surface area contributed by atoms with Gasteiger partial charge in [-0.1, -0.05) is 6.07 Å². The van der Waals surface area contributed by atoms with Crippen LogP contribution in [0.25, 0.3) is 0 Å². The largest absolute Gasteiger partial charge is 0.416 e. The van der Waals surface area contributed by atoms with Crippen LogP contribution in [0.15, 0.2) is 35.6 Å². The average molecular weight is 361 g/mol. The third kappa shape index (κ3) is 2.65. The number of nitroso groups, excluding NO2 is 1. The molecule has 1 fully saturated rings. The average Bonchev–Trinajstić information content (AvgIpc) is 3.23. The first-order valence-electron chi connectivity index (χ1n) is 8.23. The molecule has 2 aliphatic carbocycles. The number of aromatic nitrogens is 1. The predicted molar refractivity (Wildman–Crippen MR) is 88.4 cm³/mol. The molecule has 0 aliphatic heterocycles. The van der Waals surface area contributed by atoms with Crippen LogP contribution in [0.1, 0.15) is 58.1 Å². The Bertz CT molecular complexity index is 911. The lowest BCUT2D eigenvalue weighted by Crippen LogP contribution is -2.11. The summed E-state index contributed by atoms with van der Waals surface area (Å²) in [4.78, 5) is 26.7. The summed E-state index contributed by atoms with van der Waals surface area (Å²) in [5.74, 6) is -0.0585. The van der Waals surface area contributed by atoms with Gasteiger partial charge in [0.25, 0.3) is 0 Å². The van der Waals surface area contributed by atoms with Gasteiger partial charge in [0, 0.05) is 22.6 Å². The van der Waals surface area contributed by atoms with Crippen LogP contribution >= 0.6 is 0 Å². The molecule has 2 atom stereocenters. The summed E-state index contributed by atoms with van der Waals surface area (Å²) in [6.07, 6.45) is -0.429. The minimum Gasteiger partial charge on any atom is -0.340 e. The van der Waals surface area contributed by atoms with E-state index in [-0.39, 0.29) is 23.1 Å². The molecule has 2 aliphatic rings. The Kier molecular flexibility index (Phi) is 3.78. The molecular formula is C18H14F3N3O2. The Morgan fingerprint density at radius 2 is 1.92 bits per heavy atom. The fourth-order valence-corrected chi connectivity index (χ4v) is 4.13. The van der Waals surface area contributed by atoms with E-state index in [1.165, 1.54) is 18.3 Å². The molecular weight excluding hydrogens is 347 g/mol. The van der Waals surface area contributed by atoms with Crippen molar-refractivity contribution in [3.63, 3.8) is 0 Å². The molecule has 5 nitrogen and oxygen atoms in total. The number of benzene rings is 1. The molecule has 1 aromatic carbocycles. The molecule has 1 aromatic heterocycles. The van der Waals surface area contributed by atoms with E-state index in [4.69, 9.17) is 0 Å². The van der Waals surface area contributed by atoms with Gasteiger partial charge in [0.2, 0.25) is 0 Å². The maximum Gasteiger partial charge on any atom is 0.416 e. The third-order valence-electron chi connectivity index (χ3n) is 5.17. The van der Waals surface area contributed by atoms with Crippen LogP contribution in [0, 0.1) is 4.91 Å². The number of hydrogen-bond donors (Lipinski definition) is 1. The molecule has 0 saturated heterocycles. The highest BCUT2D eigenvalue weighted by Gasteiger charge is 2.42. The van der Waals surface area contributed by atoms with Gasteiger partial charge in [-0.05, 0) is 54.9 Å². The molecule has 134 valence electrons. The number of nitrogens with zero attached hydrogens (tertiary/aromatic N) is 2. The first-order chi connectivity index (χ1) is 12.4. The molecule has 1 amide bonds. The van der Waals surface area contributed by atoms with Crippen LogP contribution in [0.5, 0.6) is 0 Å². The Labute approximate surface area is 146 Å². The van der Waals surface area contributed by atoms with Crippen molar-refractivity contribution in [1.82, 2.24) is 4.98 Å². The Morgan fingerprint density at radius 3 is 2.62 bits per heavy atom. The molecule has 8 heteroatoms. The van der Waals surface area contributed by atoms with E-state index in [1.54, 1.807) is 0 Å². The summed E-state index contributed by atoms with van der Waals surface area (Å²) < 4.78 is 38.7. The van der Waals surface area contributed by atoms with Gasteiger partial charge < -0.3 is 5.32 Å². The van der Waals surface area contributed by atoms with E-state index in [0.717, 1.165) is 42.5 Å². The van der Waals surface area contributed by atoms with Crippen LogP contribution in [-0.4, -0.2) is 10.9 Å². The van der Waals surface area contributed by atoms with Gasteiger partial charge in [0.15, 0.2) is 0 Å². The number of rotatable bonds is 3. The number of anilines is 2. The molecule has 2 aromatic rings. The minimum atomic E-state index is -4.43. The summed E-state index contributed by atoms with van der Waals surface area (Å²) in [5, 5.41) is 5.45. The number of nitrogens with one attached hydrogen (secondary N) is 1. The lowest BCUT2D eigenvalue weighted by Gasteiger charge is -2.21. The number of pyridine rings is 1. The molecule has 26 heavy (non-hydrogen) atoms.